The smallest absolute Gasteiger partial charge is 0.248 e. The standard InChI is InChI=1S/C21H25N3O4S/c1-15-13-18(7-8-19(15)20(22)25)23-21(26)17-9-11-24(12-10-17)29(27,28)14-16-5-3-2-4-6-16/h2-8,13,17H,9-12,14H2,1H3,(H2,22,25)(H,23,26). The summed E-state index contributed by atoms with van der Waals surface area (Å²) < 4.78 is 26.7. The van der Waals surface area contributed by atoms with Gasteiger partial charge in [0.25, 0.3) is 0 Å². The summed E-state index contributed by atoms with van der Waals surface area (Å²) in [4.78, 5) is 23.9. The van der Waals surface area contributed by atoms with Gasteiger partial charge < -0.3 is 11.1 Å². The first-order valence-electron chi connectivity index (χ1n) is 9.49. The van der Waals surface area contributed by atoms with E-state index in [1.54, 1.807) is 37.3 Å². The fraction of sp³-hybridized carbons (Fsp3) is 0.333. The van der Waals surface area contributed by atoms with Crippen LogP contribution in [0.4, 0.5) is 5.69 Å². The Bertz CT molecular complexity index is 998. The fourth-order valence-electron chi connectivity index (χ4n) is 3.53. The molecule has 3 N–H and O–H groups in total. The molecule has 1 heterocycles. The third kappa shape index (κ3) is 5.21. The summed E-state index contributed by atoms with van der Waals surface area (Å²) >= 11 is 0. The van der Waals surface area contributed by atoms with Gasteiger partial charge in [0.15, 0.2) is 0 Å². The minimum atomic E-state index is -3.41. The number of carbonyl (C=O) groups is 2. The molecule has 7 nitrogen and oxygen atoms in total. The number of aryl methyl sites for hydroxylation is 1. The van der Waals surface area contributed by atoms with Crippen molar-refractivity contribution in [2.75, 3.05) is 18.4 Å². The molecule has 0 aliphatic carbocycles. The lowest BCUT2D eigenvalue weighted by atomic mass is 9.97. The first kappa shape index (κ1) is 21.0. The number of hydrogen-bond acceptors (Lipinski definition) is 4. The number of piperidine rings is 1. The molecule has 0 bridgehead atoms. The molecule has 154 valence electrons. The average molecular weight is 416 g/mol. The maximum atomic E-state index is 12.6. The van der Waals surface area contributed by atoms with E-state index >= 15 is 0 Å². The number of sulfonamides is 1. The quantitative estimate of drug-likeness (QED) is 0.754. The molecule has 1 fully saturated rings. The van der Waals surface area contributed by atoms with Crippen LogP contribution in [-0.4, -0.2) is 37.6 Å². The Morgan fingerprint density at radius 1 is 1.10 bits per heavy atom. The van der Waals surface area contributed by atoms with Crippen LogP contribution in [0.3, 0.4) is 0 Å². The van der Waals surface area contributed by atoms with Crippen molar-refractivity contribution in [1.29, 1.82) is 0 Å². The van der Waals surface area contributed by atoms with Crippen LogP contribution < -0.4 is 11.1 Å². The fourth-order valence-corrected chi connectivity index (χ4v) is 5.10. The van der Waals surface area contributed by atoms with Gasteiger partial charge in [-0.3, -0.25) is 9.59 Å². The number of carbonyl (C=O) groups excluding carboxylic acids is 2. The van der Waals surface area contributed by atoms with E-state index in [9.17, 15) is 18.0 Å². The van der Waals surface area contributed by atoms with Crippen LogP contribution >= 0.6 is 0 Å². The summed E-state index contributed by atoms with van der Waals surface area (Å²) in [5.74, 6) is -0.939. The predicted molar refractivity (Wildman–Crippen MR) is 112 cm³/mol. The number of nitrogens with two attached hydrogens (primary N) is 1. The van der Waals surface area contributed by atoms with Gasteiger partial charge in [-0.05, 0) is 49.1 Å². The van der Waals surface area contributed by atoms with Crippen LogP contribution in [0.5, 0.6) is 0 Å². The van der Waals surface area contributed by atoms with Gasteiger partial charge >= 0.3 is 0 Å². The molecular formula is C21H25N3O4S. The monoisotopic (exact) mass is 415 g/mol. The van der Waals surface area contributed by atoms with Crippen LogP contribution in [0.1, 0.15) is 34.3 Å². The van der Waals surface area contributed by atoms with E-state index in [-0.39, 0.29) is 17.6 Å². The van der Waals surface area contributed by atoms with Crippen LogP contribution in [-0.2, 0) is 20.6 Å². The largest absolute Gasteiger partial charge is 0.366 e. The molecule has 0 unspecified atom stereocenters. The zero-order valence-corrected chi connectivity index (χ0v) is 17.1. The summed E-state index contributed by atoms with van der Waals surface area (Å²) in [7, 11) is -3.41. The zero-order valence-electron chi connectivity index (χ0n) is 16.3. The molecule has 29 heavy (non-hydrogen) atoms. The van der Waals surface area contributed by atoms with Gasteiger partial charge in [0.2, 0.25) is 21.8 Å². The minimum absolute atomic E-state index is 0.0316. The molecule has 0 aromatic heterocycles. The first-order valence-corrected chi connectivity index (χ1v) is 11.1. The van der Waals surface area contributed by atoms with Crippen LogP contribution in [0.15, 0.2) is 48.5 Å². The van der Waals surface area contributed by atoms with Gasteiger partial charge in [0.1, 0.15) is 0 Å². The second-order valence-corrected chi connectivity index (χ2v) is 9.27. The molecule has 0 spiro atoms. The lowest BCUT2D eigenvalue weighted by Crippen LogP contribution is -2.41. The number of amides is 2. The van der Waals surface area contributed by atoms with Crippen LogP contribution in [0, 0.1) is 12.8 Å². The maximum Gasteiger partial charge on any atom is 0.248 e. The third-order valence-corrected chi connectivity index (χ3v) is 7.02. The summed E-state index contributed by atoms with van der Waals surface area (Å²) in [6, 6.07) is 14.0. The number of nitrogens with one attached hydrogen (secondary N) is 1. The highest BCUT2D eigenvalue weighted by Gasteiger charge is 2.31. The number of hydrogen-bond donors (Lipinski definition) is 2. The summed E-state index contributed by atoms with van der Waals surface area (Å²) in [6.07, 6.45) is 0.941. The Morgan fingerprint density at radius 3 is 2.34 bits per heavy atom. The molecule has 1 aliphatic heterocycles. The highest BCUT2D eigenvalue weighted by Crippen LogP contribution is 2.24. The molecule has 8 heteroatoms. The van der Waals surface area contributed by atoms with E-state index in [1.165, 1.54) is 4.31 Å². The Balaban J connectivity index is 1.57. The van der Waals surface area contributed by atoms with Crippen molar-refractivity contribution in [2.24, 2.45) is 11.7 Å². The van der Waals surface area contributed by atoms with Crippen molar-refractivity contribution in [3.63, 3.8) is 0 Å². The molecule has 2 amide bonds. The van der Waals surface area contributed by atoms with E-state index in [2.05, 4.69) is 5.32 Å². The first-order chi connectivity index (χ1) is 13.8. The minimum Gasteiger partial charge on any atom is -0.366 e. The van der Waals surface area contributed by atoms with Crippen LogP contribution in [0.2, 0.25) is 0 Å². The molecular weight excluding hydrogens is 390 g/mol. The van der Waals surface area contributed by atoms with Crippen molar-refractivity contribution < 1.29 is 18.0 Å². The lowest BCUT2D eigenvalue weighted by molar-refractivity contribution is -0.120. The van der Waals surface area contributed by atoms with E-state index in [0.29, 0.717) is 42.7 Å². The molecule has 0 radical (unpaired) electrons. The number of rotatable bonds is 6. The summed E-state index contributed by atoms with van der Waals surface area (Å²) in [6.45, 7) is 2.41. The summed E-state index contributed by atoms with van der Waals surface area (Å²) in [5.41, 5.74) is 7.75. The van der Waals surface area contributed by atoms with Gasteiger partial charge in [0, 0.05) is 30.3 Å². The SMILES string of the molecule is Cc1cc(NC(=O)C2CCN(S(=O)(=O)Cc3ccccc3)CC2)ccc1C(N)=O. The van der Waals surface area contributed by atoms with Crippen molar-refractivity contribution in [1.82, 2.24) is 4.31 Å². The predicted octanol–water partition coefficient (Wildman–Crippen LogP) is 2.27. The molecule has 3 rings (SSSR count). The van der Waals surface area contributed by atoms with Gasteiger partial charge in [-0.15, -0.1) is 0 Å². The average Bonchev–Trinajstić information content (AvgIpc) is 2.68. The Kier molecular flexibility index (Phi) is 6.34. The Hall–Kier alpha value is -2.71. The highest BCUT2D eigenvalue weighted by molar-refractivity contribution is 7.88. The summed E-state index contributed by atoms with van der Waals surface area (Å²) in [5, 5.41) is 2.85. The van der Waals surface area contributed by atoms with Gasteiger partial charge in [-0.1, -0.05) is 30.3 Å². The molecule has 2 aromatic rings. The van der Waals surface area contributed by atoms with Crippen molar-refractivity contribution >= 4 is 27.5 Å². The van der Waals surface area contributed by atoms with Crippen molar-refractivity contribution in [3.8, 4) is 0 Å². The van der Waals surface area contributed by atoms with E-state index in [4.69, 9.17) is 5.73 Å². The van der Waals surface area contributed by atoms with Gasteiger partial charge in [0.05, 0.1) is 5.75 Å². The van der Waals surface area contributed by atoms with E-state index in [0.717, 1.165) is 5.56 Å². The molecule has 1 saturated heterocycles. The molecule has 1 aliphatic rings. The Morgan fingerprint density at radius 2 is 1.76 bits per heavy atom. The van der Waals surface area contributed by atoms with Gasteiger partial charge in [-0.2, -0.15) is 0 Å². The molecule has 2 aromatic carbocycles. The van der Waals surface area contributed by atoms with Crippen molar-refractivity contribution in [3.05, 3.63) is 65.2 Å². The number of nitrogens with zero attached hydrogens (tertiary/aromatic N) is 1. The number of anilines is 1. The highest BCUT2D eigenvalue weighted by atomic mass is 32.2. The van der Waals surface area contributed by atoms with Crippen molar-refractivity contribution in [2.45, 2.75) is 25.5 Å². The number of primary amides is 1. The third-order valence-electron chi connectivity index (χ3n) is 5.17. The molecule has 0 atom stereocenters. The second kappa shape index (κ2) is 8.75. The maximum absolute atomic E-state index is 12.6. The molecule has 0 saturated carbocycles. The van der Waals surface area contributed by atoms with E-state index in [1.807, 2.05) is 18.2 Å². The van der Waals surface area contributed by atoms with Crippen LogP contribution in [0.25, 0.3) is 0 Å². The Labute approximate surface area is 171 Å². The second-order valence-electron chi connectivity index (χ2n) is 7.30. The topological polar surface area (TPSA) is 110 Å². The zero-order chi connectivity index (χ0) is 21.0. The van der Waals surface area contributed by atoms with E-state index < -0.39 is 15.9 Å². The number of benzene rings is 2. The lowest BCUT2D eigenvalue weighted by Gasteiger charge is -2.30. The normalized spacial score (nSPS) is 15.8. The van der Waals surface area contributed by atoms with Gasteiger partial charge in [-0.25, -0.2) is 12.7 Å².